The van der Waals surface area contributed by atoms with E-state index in [1.54, 1.807) is 6.92 Å². The standard InChI is InChI=1S/C13H16F3NO3S/c1-4-11(18)9(3)17-21(19,20)12-7-5-6-10(8(12)2)13(14,15)16/h5-7,9,17H,4H2,1-3H3. The molecule has 0 fully saturated rings. The molecule has 1 atom stereocenters. The number of alkyl halides is 3. The van der Waals surface area contributed by atoms with Gasteiger partial charge in [0.05, 0.1) is 16.5 Å². The Morgan fingerprint density at radius 3 is 2.38 bits per heavy atom. The van der Waals surface area contributed by atoms with E-state index < -0.39 is 38.3 Å². The third-order valence-electron chi connectivity index (χ3n) is 3.04. The minimum Gasteiger partial charge on any atom is -0.298 e. The van der Waals surface area contributed by atoms with Crippen molar-refractivity contribution in [2.75, 3.05) is 0 Å². The van der Waals surface area contributed by atoms with Crippen LogP contribution in [0.3, 0.4) is 0 Å². The van der Waals surface area contributed by atoms with Gasteiger partial charge in [-0.05, 0) is 31.5 Å². The summed E-state index contributed by atoms with van der Waals surface area (Å²) in [5, 5.41) is 0. The van der Waals surface area contributed by atoms with Gasteiger partial charge in [-0.15, -0.1) is 0 Å². The van der Waals surface area contributed by atoms with Crippen LogP contribution in [0.15, 0.2) is 23.1 Å². The van der Waals surface area contributed by atoms with Gasteiger partial charge in [0.2, 0.25) is 10.0 Å². The van der Waals surface area contributed by atoms with E-state index in [-0.39, 0.29) is 12.2 Å². The Morgan fingerprint density at radius 2 is 1.90 bits per heavy atom. The average Bonchev–Trinajstić information content (AvgIpc) is 2.35. The number of benzene rings is 1. The number of nitrogens with one attached hydrogen (secondary N) is 1. The van der Waals surface area contributed by atoms with Gasteiger partial charge in [0.15, 0.2) is 0 Å². The maximum atomic E-state index is 12.8. The molecule has 4 nitrogen and oxygen atoms in total. The van der Waals surface area contributed by atoms with E-state index in [0.717, 1.165) is 25.1 Å². The lowest BCUT2D eigenvalue weighted by Gasteiger charge is -2.16. The first kappa shape index (κ1) is 17.6. The molecule has 0 heterocycles. The van der Waals surface area contributed by atoms with Crippen molar-refractivity contribution in [3.8, 4) is 0 Å². The van der Waals surface area contributed by atoms with Gasteiger partial charge in [-0.2, -0.15) is 13.2 Å². The van der Waals surface area contributed by atoms with Gasteiger partial charge in [0, 0.05) is 6.42 Å². The first-order chi connectivity index (χ1) is 9.50. The van der Waals surface area contributed by atoms with E-state index in [2.05, 4.69) is 4.72 Å². The van der Waals surface area contributed by atoms with Crippen LogP contribution in [-0.4, -0.2) is 20.2 Å². The first-order valence-corrected chi connectivity index (χ1v) is 7.71. The minimum atomic E-state index is -4.64. The molecule has 1 aromatic carbocycles. The van der Waals surface area contributed by atoms with Crippen LogP contribution in [0.2, 0.25) is 0 Å². The van der Waals surface area contributed by atoms with Crippen molar-refractivity contribution in [1.82, 2.24) is 4.72 Å². The van der Waals surface area contributed by atoms with Crippen molar-refractivity contribution in [2.45, 2.75) is 44.3 Å². The third-order valence-corrected chi connectivity index (χ3v) is 4.73. The molecule has 8 heteroatoms. The second-order valence-electron chi connectivity index (χ2n) is 4.59. The molecule has 0 aliphatic carbocycles. The molecule has 0 amide bonds. The van der Waals surface area contributed by atoms with Crippen LogP contribution < -0.4 is 4.72 Å². The van der Waals surface area contributed by atoms with E-state index in [0.29, 0.717) is 0 Å². The zero-order chi connectivity index (χ0) is 16.4. The zero-order valence-electron chi connectivity index (χ0n) is 11.8. The van der Waals surface area contributed by atoms with Gasteiger partial charge >= 0.3 is 6.18 Å². The van der Waals surface area contributed by atoms with Crippen LogP contribution in [0.25, 0.3) is 0 Å². The minimum absolute atomic E-state index is 0.130. The van der Waals surface area contributed by atoms with Crippen LogP contribution in [0.4, 0.5) is 13.2 Å². The molecule has 0 spiro atoms. The summed E-state index contributed by atoms with van der Waals surface area (Å²) in [5.41, 5.74) is -1.41. The summed E-state index contributed by atoms with van der Waals surface area (Å²) in [5.74, 6) is -0.344. The number of hydrogen-bond donors (Lipinski definition) is 1. The Bertz CT molecular complexity index is 639. The normalized spacial score (nSPS) is 14.0. The summed E-state index contributed by atoms with van der Waals surface area (Å²) >= 11 is 0. The van der Waals surface area contributed by atoms with Gasteiger partial charge in [-0.1, -0.05) is 13.0 Å². The van der Waals surface area contributed by atoms with Crippen LogP contribution in [0.1, 0.15) is 31.4 Å². The Balaban J connectivity index is 3.25. The molecule has 0 aromatic heterocycles. The molecule has 1 unspecified atom stereocenters. The highest BCUT2D eigenvalue weighted by Gasteiger charge is 2.35. The topological polar surface area (TPSA) is 63.2 Å². The fourth-order valence-corrected chi connectivity index (χ4v) is 3.38. The van der Waals surface area contributed by atoms with E-state index in [4.69, 9.17) is 0 Å². The fraction of sp³-hybridized carbons (Fsp3) is 0.462. The van der Waals surface area contributed by atoms with E-state index in [1.165, 1.54) is 6.92 Å². The number of Topliss-reactive ketones (excluding diaryl/α,β-unsaturated/α-hetero) is 1. The summed E-state index contributed by atoms with van der Waals surface area (Å²) in [4.78, 5) is 10.9. The predicted molar refractivity (Wildman–Crippen MR) is 71.3 cm³/mol. The molecular formula is C13H16F3NO3S. The number of halogens is 3. The van der Waals surface area contributed by atoms with Gasteiger partial charge in [-0.25, -0.2) is 13.1 Å². The smallest absolute Gasteiger partial charge is 0.298 e. The second-order valence-corrected chi connectivity index (χ2v) is 6.27. The van der Waals surface area contributed by atoms with Crippen molar-refractivity contribution >= 4 is 15.8 Å². The van der Waals surface area contributed by atoms with Crippen molar-refractivity contribution in [3.05, 3.63) is 29.3 Å². The number of rotatable bonds is 5. The van der Waals surface area contributed by atoms with E-state index in [9.17, 15) is 26.4 Å². The molecule has 1 aromatic rings. The lowest BCUT2D eigenvalue weighted by atomic mass is 10.1. The number of sulfonamides is 1. The lowest BCUT2D eigenvalue weighted by Crippen LogP contribution is -2.38. The maximum absolute atomic E-state index is 12.8. The van der Waals surface area contributed by atoms with Crippen LogP contribution in [0.5, 0.6) is 0 Å². The Hall–Kier alpha value is -1.41. The first-order valence-electron chi connectivity index (χ1n) is 6.22. The van der Waals surface area contributed by atoms with Crippen molar-refractivity contribution < 1.29 is 26.4 Å². The molecule has 1 rings (SSSR count). The number of carbonyl (C=O) groups is 1. The van der Waals surface area contributed by atoms with Crippen LogP contribution in [0, 0.1) is 6.92 Å². The molecule has 21 heavy (non-hydrogen) atoms. The molecule has 0 saturated heterocycles. The van der Waals surface area contributed by atoms with Gasteiger partial charge in [0.25, 0.3) is 0 Å². The van der Waals surface area contributed by atoms with Crippen molar-refractivity contribution in [2.24, 2.45) is 0 Å². The highest BCUT2D eigenvalue weighted by molar-refractivity contribution is 7.89. The molecule has 1 N–H and O–H groups in total. The molecule has 0 aliphatic heterocycles. The van der Waals surface area contributed by atoms with Crippen LogP contribution in [-0.2, 0) is 21.0 Å². The molecule has 0 aliphatic rings. The molecule has 0 bridgehead atoms. The zero-order valence-corrected chi connectivity index (χ0v) is 12.6. The highest BCUT2D eigenvalue weighted by atomic mass is 32.2. The van der Waals surface area contributed by atoms with Gasteiger partial charge < -0.3 is 0 Å². The summed E-state index contributed by atoms with van der Waals surface area (Å²) in [6.07, 6.45) is -4.51. The molecule has 0 radical (unpaired) electrons. The molecule has 118 valence electrons. The lowest BCUT2D eigenvalue weighted by molar-refractivity contribution is -0.138. The third kappa shape index (κ3) is 4.04. The predicted octanol–water partition coefficient (Wildman–Crippen LogP) is 2.66. The highest BCUT2D eigenvalue weighted by Crippen LogP contribution is 2.34. The monoisotopic (exact) mass is 323 g/mol. The summed E-state index contributed by atoms with van der Waals surface area (Å²) in [6.45, 7) is 4.01. The van der Waals surface area contributed by atoms with Crippen molar-refractivity contribution in [1.29, 1.82) is 0 Å². The second kappa shape index (κ2) is 6.15. The average molecular weight is 323 g/mol. The fourth-order valence-electron chi connectivity index (χ4n) is 1.88. The van der Waals surface area contributed by atoms with Gasteiger partial charge in [-0.3, -0.25) is 4.79 Å². The van der Waals surface area contributed by atoms with E-state index in [1.807, 2.05) is 0 Å². The summed E-state index contributed by atoms with van der Waals surface area (Å²) in [6, 6.07) is 1.93. The molecular weight excluding hydrogens is 307 g/mol. The number of hydrogen-bond acceptors (Lipinski definition) is 3. The van der Waals surface area contributed by atoms with Gasteiger partial charge in [0.1, 0.15) is 5.78 Å². The van der Waals surface area contributed by atoms with E-state index >= 15 is 0 Å². The molecule has 0 saturated carbocycles. The Kier molecular flexibility index (Phi) is 5.16. The quantitative estimate of drug-likeness (QED) is 0.906. The SMILES string of the molecule is CCC(=O)C(C)NS(=O)(=O)c1cccc(C(F)(F)F)c1C. The maximum Gasteiger partial charge on any atom is 0.416 e. The Labute approximate surface area is 121 Å². The summed E-state index contributed by atoms with van der Waals surface area (Å²) in [7, 11) is -4.20. The summed E-state index contributed by atoms with van der Waals surface area (Å²) < 4.78 is 64.7. The van der Waals surface area contributed by atoms with Crippen LogP contribution >= 0.6 is 0 Å². The number of carbonyl (C=O) groups excluding carboxylic acids is 1. The number of ketones is 1. The Morgan fingerprint density at radius 1 is 1.33 bits per heavy atom. The van der Waals surface area contributed by atoms with Crippen molar-refractivity contribution in [3.63, 3.8) is 0 Å². The largest absolute Gasteiger partial charge is 0.416 e.